The number of rotatable bonds is 4. The van der Waals surface area contributed by atoms with Crippen molar-refractivity contribution in [1.29, 1.82) is 0 Å². The van der Waals surface area contributed by atoms with E-state index in [1.165, 1.54) is 0 Å². The van der Waals surface area contributed by atoms with E-state index in [0.717, 1.165) is 36.3 Å². The van der Waals surface area contributed by atoms with Gasteiger partial charge in [0.15, 0.2) is 0 Å². The predicted molar refractivity (Wildman–Crippen MR) is 90.1 cm³/mol. The number of hydrogen-bond acceptors (Lipinski definition) is 3. The van der Waals surface area contributed by atoms with Crippen molar-refractivity contribution in [3.63, 3.8) is 0 Å². The van der Waals surface area contributed by atoms with Gasteiger partial charge in [0.05, 0.1) is 4.47 Å². The highest BCUT2D eigenvalue weighted by molar-refractivity contribution is 9.10. The lowest BCUT2D eigenvalue weighted by molar-refractivity contribution is 0.139. The maximum atomic E-state index is 6.02. The van der Waals surface area contributed by atoms with Gasteiger partial charge in [0.25, 0.3) is 0 Å². The van der Waals surface area contributed by atoms with E-state index in [9.17, 15) is 0 Å². The molecule has 0 aromatic heterocycles. The van der Waals surface area contributed by atoms with E-state index >= 15 is 0 Å². The summed E-state index contributed by atoms with van der Waals surface area (Å²) in [6.07, 6.45) is 1.08. The smallest absolute Gasteiger partial charge is 0.133 e. The summed E-state index contributed by atoms with van der Waals surface area (Å²) in [5.74, 6) is 1.40. The van der Waals surface area contributed by atoms with E-state index in [-0.39, 0.29) is 12.4 Å². The molecule has 114 valence electrons. The summed E-state index contributed by atoms with van der Waals surface area (Å²) >= 11 is 9.35. The van der Waals surface area contributed by atoms with Crippen LogP contribution in [0.15, 0.2) is 22.7 Å². The van der Waals surface area contributed by atoms with Crippen molar-refractivity contribution in [2.45, 2.75) is 19.4 Å². The number of benzene rings is 1. The van der Waals surface area contributed by atoms with Crippen LogP contribution < -0.4 is 10.5 Å². The van der Waals surface area contributed by atoms with Gasteiger partial charge in [-0.3, -0.25) is 4.90 Å². The summed E-state index contributed by atoms with van der Waals surface area (Å²) in [7, 11) is 0. The van der Waals surface area contributed by atoms with E-state index in [1.54, 1.807) is 0 Å². The van der Waals surface area contributed by atoms with Crippen LogP contribution in [0.1, 0.15) is 13.3 Å². The van der Waals surface area contributed by atoms with Crippen molar-refractivity contribution in [3.05, 3.63) is 27.7 Å². The number of halogens is 3. The van der Waals surface area contributed by atoms with Gasteiger partial charge in [-0.2, -0.15) is 0 Å². The van der Waals surface area contributed by atoms with Crippen LogP contribution in [0.25, 0.3) is 0 Å². The maximum Gasteiger partial charge on any atom is 0.133 e. The fourth-order valence-electron chi connectivity index (χ4n) is 2.33. The fraction of sp³-hybridized carbons (Fsp3) is 0.571. The van der Waals surface area contributed by atoms with E-state index in [2.05, 4.69) is 27.8 Å². The molecule has 1 aliphatic rings. The maximum absolute atomic E-state index is 6.02. The number of nitrogens with zero attached hydrogens (tertiary/aromatic N) is 1. The Morgan fingerprint density at radius 1 is 1.50 bits per heavy atom. The molecule has 0 bridgehead atoms. The highest BCUT2D eigenvalue weighted by Gasteiger charge is 2.22. The molecule has 1 aromatic carbocycles. The third kappa shape index (κ3) is 5.08. The summed E-state index contributed by atoms with van der Waals surface area (Å²) in [6.45, 7) is 5.96. The van der Waals surface area contributed by atoms with Gasteiger partial charge in [0.2, 0.25) is 0 Å². The topological polar surface area (TPSA) is 38.5 Å². The molecule has 1 aromatic rings. The van der Waals surface area contributed by atoms with Crippen LogP contribution in [0.4, 0.5) is 0 Å². The molecular weight excluding hydrogens is 363 g/mol. The second-order valence-electron chi connectivity index (χ2n) is 5.15. The van der Waals surface area contributed by atoms with Crippen molar-refractivity contribution in [1.82, 2.24) is 4.90 Å². The zero-order valence-electron chi connectivity index (χ0n) is 11.5. The summed E-state index contributed by atoms with van der Waals surface area (Å²) in [6, 6.07) is 5.92. The lowest BCUT2D eigenvalue weighted by Crippen LogP contribution is -2.46. The number of likely N-dealkylation sites (tertiary alicyclic amines) is 1. The van der Waals surface area contributed by atoms with Gasteiger partial charge in [-0.25, -0.2) is 0 Å². The molecule has 0 aliphatic carbocycles. The van der Waals surface area contributed by atoms with Gasteiger partial charge in [-0.05, 0) is 53.0 Å². The number of ether oxygens (including phenoxy) is 1. The van der Waals surface area contributed by atoms with E-state index in [4.69, 9.17) is 22.1 Å². The van der Waals surface area contributed by atoms with Crippen molar-refractivity contribution in [3.8, 4) is 5.75 Å². The first kappa shape index (κ1) is 18.1. The summed E-state index contributed by atoms with van der Waals surface area (Å²) < 4.78 is 6.68. The molecule has 1 heterocycles. The monoisotopic (exact) mass is 382 g/mol. The Balaban J connectivity index is 0.00000200. The van der Waals surface area contributed by atoms with E-state index < -0.39 is 0 Å². The first-order chi connectivity index (χ1) is 9.06. The Bertz CT molecular complexity index is 434. The van der Waals surface area contributed by atoms with Crippen LogP contribution in [-0.4, -0.2) is 37.2 Å². The molecule has 6 heteroatoms. The van der Waals surface area contributed by atoms with Crippen molar-refractivity contribution in [2.75, 3.05) is 26.2 Å². The number of hydrogen-bond donors (Lipinski definition) is 1. The Kier molecular flexibility index (Phi) is 7.62. The van der Waals surface area contributed by atoms with Crippen LogP contribution in [0.3, 0.4) is 0 Å². The number of nitrogens with two attached hydrogens (primary N) is 1. The van der Waals surface area contributed by atoms with Crippen molar-refractivity contribution < 1.29 is 4.74 Å². The fourth-order valence-corrected chi connectivity index (χ4v) is 3.13. The molecule has 2 unspecified atom stereocenters. The van der Waals surface area contributed by atoms with Gasteiger partial charge >= 0.3 is 0 Å². The molecule has 2 atom stereocenters. The first-order valence-corrected chi connectivity index (χ1v) is 7.79. The Morgan fingerprint density at radius 2 is 2.25 bits per heavy atom. The minimum absolute atomic E-state index is 0. The minimum Gasteiger partial charge on any atom is -0.491 e. The number of piperidine rings is 1. The quantitative estimate of drug-likeness (QED) is 0.863. The van der Waals surface area contributed by atoms with Crippen molar-refractivity contribution in [2.24, 2.45) is 11.7 Å². The average Bonchev–Trinajstić information content (AvgIpc) is 2.36. The van der Waals surface area contributed by atoms with Crippen LogP contribution in [0.2, 0.25) is 5.02 Å². The highest BCUT2D eigenvalue weighted by atomic mass is 79.9. The molecule has 1 aliphatic heterocycles. The largest absolute Gasteiger partial charge is 0.491 e. The molecule has 2 N–H and O–H groups in total. The molecule has 0 saturated carbocycles. The lowest BCUT2D eigenvalue weighted by Gasteiger charge is -2.34. The van der Waals surface area contributed by atoms with Crippen LogP contribution >= 0.6 is 39.9 Å². The van der Waals surface area contributed by atoms with Crippen molar-refractivity contribution >= 4 is 39.9 Å². The second-order valence-corrected chi connectivity index (χ2v) is 6.44. The van der Waals surface area contributed by atoms with Gasteiger partial charge in [0.1, 0.15) is 12.4 Å². The molecule has 0 amide bonds. The minimum atomic E-state index is 0. The molecule has 1 saturated heterocycles. The highest BCUT2D eigenvalue weighted by Crippen LogP contribution is 2.28. The molecule has 20 heavy (non-hydrogen) atoms. The molecule has 0 radical (unpaired) electrons. The van der Waals surface area contributed by atoms with Gasteiger partial charge in [-0.15, -0.1) is 12.4 Å². The molecule has 3 nitrogen and oxygen atoms in total. The Hall–Kier alpha value is -0.000000000000000111. The summed E-state index contributed by atoms with van der Waals surface area (Å²) in [5, 5.41) is 0.707. The zero-order valence-corrected chi connectivity index (χ0v) is 14.7. The first-order valence-electron chi connectivity index (χ1n) is 6.62. The summed E-state index contributed by atoms with van der Waals surface area (Å²) in [4.78, 5) is 2.41. The van der Waals surface area contributed by atoms with Gasteiger partial charge < -0.3 is 10.5 Å². The standard InChI is InChI=1S/C14H20BrClN2O.ClH/c1-10-9-18(5-4-13(10)17)6-7-19-14-3-2-11(16)8-12(14)15;/h2-3,8,10,13H,4-7,9,17H2,1H3;1H. The summed E-state index contributed by atoms with van der Waals surface area (Å²) in [5.41, 5.74) is 6.02. The zero-order chi connectivity index (χ0) is 13.8. The van der Waals surface area contributed by atoms with E-state index in [0.29, 0.717) is 23.6 Å². The molecular formula is C14H21BrCl2N2O. The molecule has 0 spiro atoms. The predicted octanol–water partition coefficient (Wildman–Crippen LogP) is 3.57. The third-order valence-corrected chi connectivity index (χ3v) is 4.47. The van der Waals surface area contributed by atoms with Crippen LogP contribution in [0.5, 0.6) is 5.75 Å². The average molecular weight is 384 g/mol. The Morgan fingerprint density at radius 3 is 2.90 bits per heavy atom. The second kappa shape index (κ2) is 8.44. The molecule has 1 fully saturated rings. The lowest BCUT2D eigenvalue weighted by atomic mass is 9.95. The van der Waals surface area contributed by atoms with Gasteiger partial charge in [0, 0.05) is 24.2 Å². The third-order valence-electron chi connectivity index (χ3n) is 3.61. The molecule has 2 rings (SSSR count). The Labute approximate surface area is 140 Å². The normalized spacial score (nSPS) is 23.2. The van der Waals surface area contributed by atoms with Crippen LogP contribution in [0, 0.1) is 5.92 Å². The van der Waals surface area contributed by atoms with E-state index in [1.807, 2.05) is 18.2 Å². The van der Waals surface area contributed by atoms with Crippen LogP contribution in [-0.2, 0) is 0 Å². The SMILES string of the molecule is CC1CN(CCOc2ccc(Cl)cc2Br)CCC1N.Cl. The van der Waals surface area contributed by atoms with Gasteiger partial charge in [-0.1, -0.05) is 18.5 Å².